The van der Waals surface area contributed by atoms with Crippen LogP contribution in [0.25, 0.3) is 0 Å². The number of carbonyl (C=O) groups excluding carboxylic acids is 1. The molecular formula is C15H29ClN2OS. The first-order chi connectivity index (χ1) is 8.99. The molecule has 1 saturated heterocycles. The number of nitrogens with two attached hydrogens (primary N) is 1. The Kier molecular flexibility index (Phi) is 6.68. The van der Waals surface area contributed by atoms with Crippen LogP contribution in [0.4, 0.5) is 0 Å². The molecule has 1 spiro atoms. The molecule has 0 bridgehead atoms. The van der Waals surface area contributed by atoms with E-state index in [1.54, 1.807) is 0 Å². The number of thioether (sulfide) groups is 1. The van der Waals surface area contributed by atoms with Gasteiger partial charge in [-0.15, -0.1) is 12.4 Å². The number of rotatable bonds is 3. The van der Waals surface area contributed by atoms with Gasteiger partial charge in [-0.2, -0.15) is 11.8 Å². The average molecular weight is 321 g/mol. The van der Waals surface area contributed by atoms with E-state index in [-0.39, 0.29) is 18.3 Å². The van der Waals surface area contributed by atoms with Crippen molar-refractivity contribution in [2.24, 2.45) is 5.73 Å². The highest BCUT2D eigenvalue weighted by molar-refractivity contribution is 8.00. The number of hydrogen-bond donors (Lipinski definition) is 1. The van der Waals surface area contributed by atoms with Gasteiger partial charge in [0.15, 0.2) is 0 Å². The first-order valence-electron chi connectivity index (χ1n) is 7.71. The van der Waals surface area contributed by atoms with Gasteiger partial charge >= 0.3 is 0 Å². The Labute approximate surface area is 133 Å². The lowest BCUT2D eigenvalue weighted by atomic mass is 9.87. The van der Waals surface area contributed by atoms with Crippen molar-refractivity contribution in [1.29, 1.82) is 0 Å². The van der Waals surface area contributed by atoms with Crippen molar-refractivity contribution in [2.45, 2.75) is 69.1 Å². The third-order valence-electron chi connectivity index (χ3n) is 4.56. The number of hydrogen-bond acceptors (Lipinski definition) is 3. The predicted octanol–water partition coefficient (Wildman–Crippen LogP) is 3.20. The summed E-state index contributed by atoms with van der Waals surface area (Å²) in [5.41, 5.74) is 5.55. The Balaban J connectivity index is 0.00000200. The molecule has 0 aromatic heterocycles. The molecule has 5 heteroatoms. The molecule has 1 unspecified atom stereocenters. The van der Waals surface area contributed by atoms with Gasteiger partial charge in [-0.3, -0.25) is 4.79 Å². The highest BCUT2D eigenvalue weighted by Crippen LogP contribution is 2.43. The van der Waals surface area contributed by atoms with Gasteiger partial charge in [0.2, 0.25) is 5.91 Å². The van der Waals surface area contributed by atoms with Crippen molar-refractivity contribution in [3.63, 3.8) is 0 Å². The summed E-state index contributed by atoms with van der Waals surface area (Å²) in [6.45, 7) is 5.79. The van der Waals surface area contributed by atoms with Gasteiger partial charge in [-0.05, 0) is 26.2 Å². The molecule has 1 amide bonds. The van der Waals surface area contributed by atoms with Gasteiger partial charge in [0.25, 0.3) is 0 Å². The summed E-state index contributed by atoms with van der Waals surface area (Å²) in [6.07, 6.45) is 8.30. The zero-order valence-electron chi connectivity index (χ0n) is 12.8. The molecule has 2 N–H and O–H groups in total. The zero-order chi connectivity index (χ0) is 13.9. The Bertz CT molecular complexity index is 324. The fraction of sp³-hybridized carbons (Fsp3) is 0.933. The molecule has 0 aromatic rings. The Morgan fingerprint density at radius 3 is 2.60 bits per heavy atom. The summed E-state index contributed by atoms with van der Waals surface area (Å²) in [4.78, 5) is 14.7. The fourth-order valence-corrected chi connectivity index (χ4v) is 5.07. The molecule has 1 heterocycles. The second kappa shape index (κ2) is 7.37. The Morgan fingerprint density at radius 2 is 2.00 bits per heavy atom. The van der Waals surface area contributed by atoms with Gasteiger partial charge in [0.1, 0.15) is 0 Å². The fourth-order valence-electron chi connectivity index (χ4n) is 3.50. The van der Waals surface area contributed by atoms with Crippen LogP contribution in [0.15, 0.2) is 0 Å². The number of halogens is 1. The molecule has 118 valence electrons. The van der Waals surface area contributed by atoms with E-state index in [4.69, 9.17) is 5.73 Å². The van der Waals surface area contributed by atoms with Crippen LogP contribution in [0.1, 0.15) is 58.8 Å². The smallest absolute Gasteiger partial charge is 0.242 e. The van der Waals surface area contributed by atoms with Crippen LogP contribution in [0.5, 0.6) is 0 Å². The Morgan fingerprint density at radius 1 is 1.35 bits per heavy atom. The zero-order valence-corrected chi connectivity index (χ0v) is 14.5. The lowest BCUT2D eigenvalue weighted by Gasteiger charge is -2.46. The van der Waals surface area contributed by atoms with E-state index in [9.17, 15) is 4.79 Å². The van der Waals surface area contributed by atoms with E-state index in [1.807, 2.05) is 6.92 Å². The van der Waals surface area contributed by atoms with Gasteiger partial charge < -0.3 is 10.6 Å². The van der Waals surface area contributed by atoms with Gasteiger partial charge in [-0.1, -0.05) is 32.6 Å². The molecule has 1 aliphatic heterocycles. The minimum atomic E-state index is -0.674. The molecular weight excluding hydrogens is 292 g/mol. The van der Waals surface area contributed by atoms with Crippen LogP contribution >= 0.6 is 24.2 Å². The molecule has 20 heavy (non-hydrogen) atoms. The van der Waals surface area contributed by atoms with E-state index in [2.05, 4.69) is 23.6 Å². The highest BCUT2D eigenvalue weighted by Gasteiger charge is 2.41. The summed E-state index contributed by atoms with van der Waals surface area (Å²) in [7, 11) is 0. The van der Waals surface area contributed by atoms with Crippen LogP contribution in [-0.4, -0.2) is 39.9 Å². The minimum Gasteiger partial charge on any atom is -0.339 e. The molecule has 1 saturated carbocycles. The first kappa shape index (κ1) is 18.1. The summed E-state index contributed by atoms with van der Waals surface area (Å²) < 4.78 is 0.342. The van der Waals surface area contributed by atoms with Crippen molar-refractivity contribution in [3.8, 4) is 0 Å². The molecule has 2 rings (SSSR count). The molecule has 1 aliphatic carbocycles. The maximum atomic E-state index is 12.6. The summed E-state index contributed by atoms with van der Waals surface area (Å²) >= 11 is 2.10. The van der Waals surface area contributed by atoms with Crippen molar-refractivity contribution >= 4 is 30.1 Å². The molecule has 0 aromatic carbocycles. The lowest BCUT2D eigenvalue weighted by molar-refractivity contribution is -0.137. The summed E-state index contributed by atoms with van der Waals surface area (Å²) in [5, 5.41) is 0. The SMILES string of the molecule is CCCC(C)(N)C(=O)N1CCSC2(CCCCC2)C1.Cl. The molecule has 2 fully saturated rings. The lowest BCUT2D eigenvalue weighted by Crippen LogP contribution is -2.58. The van der Waals surface area contributed by atoms with Crippen LogP contribution < -0.4 is 5.73 Å². The van der Waals surface area contributed by atoms with E-state index in [1.165, 1.54) is 32.1 Å². The van der Waals surface area contributed by atoms with E-state index in [0.29, 0.717) is 4.75 Å². The maximum Gasteiger partial charge on any atom is 0.242 e. The van der Waals surface area contributed by atoms with E-state index < -0.39 is 5.54 Å². The number of carbonyl (C=O) groups is 1. The largest absolute Gasteiger partial charge is 0.339 e. The monoisotopic (exact) mass is 320 g/mol. The second-order valence-electron chi connectivity index (χ2n) is 6.49. The predicted molar refractivity (Wildman–Crippen MR) is 89.6 cm³/mol. The van der Waals surface area contributed by atoms with Crippen LogP contribution in [0.2, 0.25) is 0 Å². The average Bonchev–Trinajstić information content (AvgIpc) is 2.39. The van der Waals surface area contributed by atoms with Gasteiger partial charge in [0, 0.05) is 23.6 Å². The standard InChI is InChI=1S/C15H28N2OS.ClH/c1-3-7-14(2,16)13(18)17-10-11-19-15(12-17)8-5-4-6-9-15;/h3-12,16H2,1-2H3;1H. The Hall–Kier alpha value is 0.0700. The number of amides is 1. The van der Waals surface area contributed by atoms with Crippen LogP contribution in [0.3, 0.4) is 0 Å². The van der Waals surface area contributed by atoms with Crippen molar-refractivity contribution in [3.05, 3.63) is 0 Å². The second-order valence-corrected chi connectivity index (χ2v) is 8.05. The topological polar surface area (TPSA) is 46.3 Å². The summed E-state index contributed by atoms with van der Waals surface area (Å²) in [6, 6.07) is 0. The third-order valence-corrected chi connectivity index (χ3v) is 6.09. The van der Waals surface area contributed by atoms with Gasteiger partial charge in [-0.25, -0.2) is 0 Å². The molecule has 0 radical (unpaired) electrons. The van der Waals surface area contributed by atoms with Crippen LogP contribution in [0, 0.1) is 0 Å². The summed E-state index contributed by atoms with van der Waals surface area (Å²) in [5.74, 6) is 1.24. The van der Waals surface area contributed by atoms with Gasteiger partial charge in [0.05, 0.1) is 5.54 Å². The normalized spacial score (nSPS) is 24.9. The van der Waals surface area contributed by atoms with E-state index >= 15 is 0 Å². The molecule has 1 atom stereocenters. The van der Waals surface area contributed by atoms with Crippen molar-refractivity contribution in [2.75, 3.05) is 18.8 Å². The minimum absolute atomic E-state index is 0. The highest BCUT2D eigenvalue weighted by atomic mass is 35.5. The van der Waals surface area contributed by atoms with Crippen molar-refractivity contribution in [1.82, 2.24) is 4.90 Å². The van der Waals surface area contributed by atoms with E-state index in [0.717, 1.165) is 31.7 Å². The molecule has 3 nitrogen and oxygen atoms in total. The third kappa shape index (κ3) is 4.05. The first-order valence-corrected chi connectivity index (χ1v) is 8.70. The van der Waals surface area contributed by atoms with Crippen LogP contribution in [-0.2, 0) is 4.79 Å². The maximum absolute atomic E-state index is 12.6. The van der Waals surface area contributed by atoms with Crippen molar-refractivity contribution < 1.29 is 4.79 Å². The quantitative estimate of drug-likeness (QED) is 0.868. The number of nitrogens with zero attached hydrogens (tertiary/aromatic N) is 1. The molecule has 2 aliphatic rings.